The number of aromatic amines is 1. The largest absolute Gasteiger partial charge is 0.378 e. The topological polar surface area (TPSA) is 87.3 Å². The van der Waals surface area contributed by atoms with E-state index < -0.39 is 15.6 Å². The van der Waals surface area contributed by atoms with Gasteiger partial charge in [0.25, 0.3) is 10.0 Å². The van der Waals surface area contributed by atoms with Crippen LogP contribution < -0.4 is 5.32 Å². The van der Waals surface area contributed by atoms with Crippen LogP contribution in [0.5, 0.6) is 0 Å². The van der Waals surface area contributed by atoms with Gasteiger partial charge in [0, 0.05) is 24.7 Å². The maximum Gasteiger partial charge on any atom is 0.260 e. The van der Waals surface area contributed by atoms with E-state index in [2.05, 4.69) is 15.5 Å². The summed E-state index contributed by atoms with van der Waals surface area (Å²) in [5.74, 6) is 0. The van der Waals surface area contributed by atoms with Gasteiger partial charge in [-0.3, -0.25) is 5.10 Å². The summed E-state index contributed by atoms with van der Waals surface area (Å²) >= 11 is 0. The fraction of sp³-hybridized carbons (Fsp3) is 0.769. The van der Waals surface area contributed by atoms with E-state index >= 15 is 0 Å². The molecule has 1 aromatic rings. The number of nitrogens with zero attached hydrogens (tertiary/aromatic N) is 2. The Morgan fingerprint density at radius 3 is 2.86 bits per heavy atom. The molecule has 0 aromatic carbocycles. The van der Waals surface area contributed by atoms with Crippen LogP contribution in [0.15, 0.2) is 11.2 Å². The van der Waals surface area contributed by atoms with E-state index in [9.17, 15) is 8.42 Å². The van der Waals surface area contributed by atoms with Crippen molar-refractivity contribution < 1.29 is 13.2 Å². The molecule has 0 bridgehead atoms. The third-order valence-electron chi connectivity index (χ3n) is 3.50. The Bertz CT molecular complexity index is 580. The number of ether oxygens (including phenoxy) is 1. The Balaban J connectivity index is 2.29. The first-order valence-corrected chi connectivity index (χ1v) is 8.55. The van der Waals surface area contributed by atoms with Crippen molar-refractivity contribution in [3.63, 3.8) is 0 Å². The van der Waals surface area contributed by atoms with Gasteiger partial charge in [0.05, 0.1) is 24.9 Å². The molecule has 1 aliphatic heterocycles. The molecule has 1 fully saturated rings. The Labute approximate surface area is 126 Å². The highest BCUT2D eigenvalue weighted by atomic mass is 32.2. The molecule has 120 valence electrons. The Morgan fingerprint density at radius 2 is 2.24 bits per heavy atom. The second kappa shape index (κ2) is 6.04. The normalized spacial score (nSPS) is 20.0. The van der Waals surface area contributed by atoms with E-state index in [1.807, 2.05) is 27.7 Å². The lowest BCUT2D eigenvalue weighted by atomic mass is 10.1. The maximum atomic E-state index is 12.9. The first-order valence-electron chi connectivity index (χ1n) is 7.11. The average Bonchev–Trinajstić information content (AvgIpc) is 2.84. The van der Waals surface area contributed by atoms with Gasteiger partial charge in [0.1, 0.15) is 0 Å². The predicted molar refractivity (Wildman–Crippen MR) is 79.4 cm³/mol. The number of hydrogen-bond donors (Lipinski definition) is 2. The molecule has 1 saturated heterocycles. The van der Waals surface area contributed by atoms with Gasteiger partial charge in [0.15, 0.2) is 5.03 Å². The van der Waals surface area contributed by atoms with Crippen LogP contribution in [0.1, 0.15) is 33.3 Å². The number of morpholine rings is 1. The minimum Gasteiger partial charge on any atom is -0.378 e. The quantitative estimate of drug-likeness (QED) is 0.835. The van der Waals surface area contributed by atoms with Crippen molar-refractivity contribution in [2.45, 2.75) is 50.8 Å². The molecule has 0 amide bonds. The molecule has 0 aliphatic carbocycles. The fourth-order valence-corrected chi connectivity index (χ4v) is 4.23. The van der Waals surface area contributed by atoms with Crippen LogP contribution in [0.3, 0.4) is 0 Å². The van der Waals surface area contributed by atoms with Crippen molar-refractivity contribution in [3.05, 3.63) is 11.8 Å². The van der Waals surface area contributed by atoms with Crippen molar-refractivity contribution >= 4 is 10.0 Å². The van der Waals surface area contributed by atoms with Crippen molar-refractivity contribution in [2.75, 3.05) is 19.8 Å². The third-order valence-corrected chi connectivity index (χ3v) is 5.62. The number of nitrogens with one attached hydrogen (secondary N) is 2. The van der Waals surface area contributed by atoms with E-state index in [1.54, 1.807) is 6.20 Å². The molecule has 0 radical (unpaired) electrons. The second-order valence-electron chi connectivity index (χ2n) is 6.20. The molecule has 2 rings (SSSR count). The maximum absolute atomic E-state index is 12.9. The van der Waals surface area contributed by atoms with Crippen molar-refractivity contribution in [3.8, 4) is 0 Å². The van der Waals surface area contributed by atoms with E-state index in [-0.39, 0.29) is 11.1 Å². The number of rotatable bonds is 5. The highest BCUT2D eigenvalue weighted by molar-refractivity contribution is 7.89. The monoisotopic (exact) mass is 316 g/mol. The van der Waals surface area contributed by atoms with E-state index in [0.29, 0.717) is 31.9 Å². The summed E-state index contributed by atoms with van der Waals surface area (Å²) in [6, 6.07) is 0.273. The van der Waals surface area contributed by atoms with Crippen LogP contribution >= 0.6 is 0 Å². The molecule has 1 aromatic heterocycles. The van der Waals surface area contributed by atoms with Gasteiger partial charge in [-0.25, -0.2) is 8.42 Å². The van der Waals surface area contributed by atoms with Gasteiger partial charge in [0.2, 0.25) is 0 Å². The average molecular weight is 316 g/mol. The van der Waals surface area contributed by atoms with E-state index in [0.717, 1.165) is 0 Å². The number of hydrogen-bond acceptors (Lipinski definition) is 5. The molecule has 0 unspecified atom stereocenters. The summed E-state index contributed by atoms with van der Waals surface area (Å²) in [4.78, 5) is 0. The minimum absolute atomic E-state index is 0.172. The molecule has 2 heterocycles. The lowest BCUT2D eigenvalue weighted by Crippen LogP contribution is -2.55. The number of H-pyrrole nitrogens is 1. The Kier molecular flexibility index (Phi) is 4.72. The smallest absolute Gasteiger partial charge is 0.260 e. The Morgan fingerprint density at radius 1 is 1.52 bits per heavy atom. The van der Waals surface area contributed by atoms with Gasteiger partial charge in [-0.05, 0) is 13.8 Å². The van der Waals surface area contributed by atoms with Gasteiger partial charge in [-0.15, -0.1) is 0 Å². The van der Waals surface area contributed by atoms with Crippen LogP contribution in [0, 0.1) is 0 Å². The van der Waals surface area contributed by atoms with Crippen LogP contribution in [-0.4, -0.2) is 54.3 Å². The molecule has 1 aliphatic rings. The Hall–Kier alpha value is -0.960. The molecule has 0 spiro atoms. The molecule has 21 heavy (non-hydrogen) atoms. The zero-order chi connectivity index (χ0) is 15.7. The molecular weight excluding hydrogens is 292 g/mol. The zero-order valence-electron chi connectivity index (χ0n) is 13.0. The summed E-state index contributed by atoms with van der Waals surface area (Å²) < 4.78 is 32.7. The fourth-order valence-electron chi connectivity index (χ4n) is 2.36. The summed E-state index contributed by atoms with van der Waals surface area (Å²) in [6.07, 6.45) is 1.57. The molecule has 7 nitrogen and oxygen atoms in total. The van der Waals surface area contributed by atoms with Crippen molar-refractivity contribution in [2.24, 2.45) is 0 Å². The molecule has 8 heteroatoms. The van der Waals surface area contributed by atoms with Gasteiger partial charge in [-0.2, -0.15) is 9.40 Å². The SMILES string of the molecule is CC(C)NCc1cn[nH]c1S(=O)(=O)N1CCOCC1(C)C. The summed E-state index contributed by atoms with van der Waals surface area (Å²) in [7, 11) is -3.61. The summed E-state index contributed by atoms with van der Waals surface area (Å²) in [5, 5.41) is 9.94. The lowest BCUT2D eigenvalue weighted by Gasteiger charge is -2.40. The number of aromatic nitrogens is 2. The van der Waals surface area contributed by atoms with Crippen LogP contribution in [0.25, 0.3) is 0 Å². The molecular formula is C13H24N4O3S. The van der Waals surface area contributed by atoms with Crippen molar-refractivity contribution in [1.29, 1.82) is 0 Å². The summed E-state index contributed by atoms with van der Waals surface area (Å²) in [5.41, 5.74) is 0.0938. The van der Waals surface area contributed by atoms with E-state index in [4.69, 9.17) is 4.74 Å². The predicted octanol–water partition coefficient (Wildman–Crippen LogP) is 0.707. The van der Waals surface area contributed by atoms with Crippen molar-refractivity contribution in [1.82, 2.24) is 19.8 Å². The highest BCUT2D eigenvalue weighted by Gasteiger charge is 2.41. The molecule has 0 atom stereocenters. The van der Waals surface area contributed by atoms with Crippen LogP contribution in [0.4, 0.5) is 0 Å². The zero-order valence-corrected chi connectivity index (χ0v) is 13.8. The lowest BCUT2D eigenvalue weighted by molar-refractivity contribution is -0.00784. The second-order valence-corrected chi connectivity index (χ2v) is 8.00. The standard InChI is InChI=1S/C13H24N4O3S/c1-10(2)14-7-11-8-15-16-12(11)21(18,19)17-5-6-20-9-13(17,3)4/h8,10,14H,5-7,9H2,1-4H3,(H,15,16). The van der Waals surface area contributed by atoms with Gasteiger partial charge in [-0.1, -0.05) is 13.8 Å². The number of sulfonamides is 1. The highest BCUT2D eigenvalue weighted by Crippen LogP contribution is 2.27. The van der Waals surface area contributed by atoms with E-state index in [1.165, 1.54) is 4.31 Å². The van der Waals surface area contributed by atoms with Gasteiger partial charge >= 0.3 is 0 Å². The molecule has 0 saturated carbocycles. The first kappa shape index (κ1) is 16.4. The summed E-state index contributed by atoms with van der Waals surface area (Å²) in [6.45, 7) is 9.38. The first-order chi connectivity index (χ1) is 9.75. The minimum atomic E-state index is -3.61. The van der Waals surface area contributed by atoms with Crippen LogP contribution in [0.2, 0.25) is 0 Å². The molecule has 2 N–H and O–H groups in total. The van der Waals surface area contributed by atoms with Gasteiger partial charge < -0.3 is 10.1 Å². The third kappa shape index (κ3) is 3.45. The van der Waals surface area contributed by atoms with Crippen LogP contribution in [-0.2, 0) is 21.3 Å².